The summed E-state index contributed by atoms with van der Waals surface area (Å²) >= 11 is 1.06. The van der Waals surface area contributed by atoms with E-state index in [2.05, 4.69) is 14.5 Å². The maximum Gasteiger partial charge on any atom is 0.337 e. The number of furan rings is 1. The second kappa shape index (κ2) is 8.57. The molecule has 1 aromatic heterocycles. The molecule has 28 heavy (non-hydrogen) atoms. The molecule has 0 saturated carbocycles. The van der Waals surface area contributed by atoms with E-state index >= 15 is 0 Å². The second-order valence-electron chi connectivity index (χ2n) is 5.54. The van der Waals surface area contributed by atoms with Crippen LogP contribution in [0.25, 0.3) is 0 Å². The first-order valence-corrected chi connectivity index (χ1v) is 8.92. The molecule has 8 nitrogen and oxygen atoms in total. The molecule has 2 heterocycles. The number of carbonyl (C=O) groups is 3. The average molecular weight is 400 g/mol. The zero-order chi connectivity index (χ0) is 20.1. The molecule has 0 aliphatic carbocycles. The van der Waals surface area contributed by atoms with E-state index in [1.165, 1.54) is 25.4 Å². The molecular formula is C19H16N2O6S. The van der Waals surface area contributed by atoms with Crippen LogP contribution in [-0.4, -0.2) is 42.1 Å². The molecule has 1 aliphatic rings. The predicted octanol–water partition coefficient (Wildman–Crippen LogP) is 2.89. The van der Waals surface area contributed by atoms with Crippen LogP contribution in [0.3, 0.4) is 0 Å². The lowest BCUT2D eigenvalue weighted by atomic mass is 10.2. The minimum Gasteiger partial charge on any atom is -0.467 e. The van der Waals surface area contributed by atoms with Crippen molar-refractivity contribution >= 4 is 40.5 Å². The number of rotatable bonds is 5. The van der Waals surface area contributed by atoms with Crippen molar-refractivity contribution in [2.45, 2.75) is 6.54 Å². The molecule has 2 aromatic rings. The average Bonchev–Trinajstić information content (AvgIpc) is 3.32. The summed E-state index contributed by atoms with van der Waals surface area (Å²) in [6.45, 7) is 0.163. The fourth-order valence-electron chi connectivity index (χ4n) is 2.36. The van der Waals surface area contributed by atoms with Gasteiger partial charge in [0.25, 0.3) is 5.91 Å². The number of hydrogen-bond donors (Lipinski definition) is 0. The summed E-state index contributed by atoms with van der Waals surface area (Å²) in [5.74, 6) is -0.886. The van der Waals surface area contributed by atoms with E-state index in [9.17, 15) is 14.4 Å². The summed E-state index contributed by atoms with van der Waals surface area (Å²) < 4.78 is 14.6. The third-order valence-electron chi connectivity index (χ3n) is 3.75. The zero-order valence-corrected chi connectivity index (χ0v) is 15.9. The summed E-state index contributed by atoms with van der Waals surface area (Å²) in [5, 5.41) is 0.377. The third-order valence-corrected chi connectivity index (χ3v) is 4.75. The molecule has 9 heteroatoms. The monoisotopic (exact) mass is 400 g/mol. The molecule has 0 unspecified atom stereocenters. The number of hydrogen-bond acceptors (Lipinski definition) is 8. The second-order valence-corrected chi connectivity index (χ2v) is 6.55. The number of benzene rings is 1. The Labute approximate surface area is 164 Å². The predicted molar refractivity (Wildman–Crippen MR) is 102 cm³/mol. The Kier molecular flexibility index (Phi) is 5.95. The number of ether oxygens (including phenoxy) is 2. The van der Waals surface area contributed by atoms with Crippen molar-refractivity contribution in [3.63, 3.8) is 0 Å². The maximum atomic E-state index is 12.7. The van der Waals surface area contributed by atoms with Gasteiger partial charge in [0.2, 0.25) is 0 Å². The van der Waals surface area contributed by atoms with Gasteiger partial charge >= 0.3 is 11.9 Å². The fourth-order valence-corrected chi connectivity index (χ4v) is 3.31. The quantitative estimate of drug-likeness (QED) is 0.562. The number of nitrogens with zero attached hydrogens (tertiary/aromatic N) is 2. The lowest BCUT2D eigenvalue weighted by molar-refractivity contribution is -0.135. The highest BCUT2D eigenvalue weighted by Gasteiger charge is 2.34. The molecule has 1 aliphatic heterocycles. The van der Waals surface area contributed by atoms with Crippen LogP contribution in [0.2, 0.25) is 0 Å². The molecule has 0 atom stereocenters. The highest BCUT2D eigenvalue weighted by atomic mass is 32.2. The minimum absolute atomic E-state index is 0.163. The lowest BCUT2D eigenvalue weighted by Crippen LogP contribution is -2.28. The van der Waals surface area contributed by atoms with Crippen LogP contribution in [0.1, 0.15) is 16.1 Å². The van der Waals surface area contributed by atoms with Gasteiger partial charge in [0, 0.05) is 6.08 Å². The van der Waals surface area contributed by atoms with E-state index in [0.717, 1.165) is 17.8 Å². The molecule has 1 fully saturated rings. The van der Waals surface area contributed by atoms with Crippen molar-refractivity contribution in [3.05, 3.63) is 65.0 Å². The number of thioether (sulfide) groups is 1. The maximum absolute atomic E-state index is 12.7. The highest BCUT2D eigenvalue weighted by molar-refractivity contribution is 8.18. The zero-order valence-electron chi connectivity index (χ0n) is 15.1. The van der Waals surface area contributed by atoms with Gasteiger partial charge in [-0.05, 0) is 48.2 Å². The summed E-state index contributed by atoms with van der Waals surface area (Å²) in [4.78, 5) is 41.9. The Bertz CT molecular complexity index is 947. The van der Waals surface area contributed by atoms with Gasteiger partial charge in [0.15, 0.2) is 5.17 Å². The molecule has 0 N–H and O–H groups in total. The third kappa shape index (κ3) is 4.32. The summed E-state index contributed by atoms with van der Waals surface area (Å²) in [6, 6.07) is 9.89. The Balaban J connectivity index is 1.91. The van der Waals surface area contributed by atoms with Gasteiger partial charge in [0.05, 0.1) is 43.2 Å². The summed E-state index contributed by atoms with van der Waals surface area (Å²) in [7, 11) is 2.54. The number of methoxy groups -OCH3 is 2. The van der Waals surface area contributed by atoms with Crippen LogP contribution in [0.4, 0.5) is 5.69 Å². The van der Waals surface area contributed by atoms with Crippen molar-refractivity contribution in [1.82, 2.24) is 4.90 Å². The Morgan fingerprint density at radius 1 is 1.18 bits per heavy atom. The number of esters is 2. The van der Waals surface area contributed by atoms with Crippen molar-refractivity contribution in [1.29, 1.82) is 0 Å². The number of amides is 1. The smallest absolute Gasteiger partial charge is 0.337 e. The van der Waals surface area contributed by atoms with Gasteiger partial charge in [-0.25, -0.2) is 14.6 Å². The normalized spacial score (nSPS) is 16.6. The van der Waals surface area contributed by atoms with Gasteiger partial charge in [-0.1, -0.05) is 0 Å². The molecular weight excluding hydrogens is 384 g/mol. The highest BCUT2D eigenvalue weighted by Crippen LogP contribution is 2.34. The number of carbonyl (C=O) groups excluding carboxylic acids is 3. The molecule has 0 radical (unpaired) electrons. The van der Waals surface area contributed by atoms with E-state index < -0.39 is 11.9 Å². The van der Waals surface area contributed by atoms with Gasteiger partial charge in [-0.15, -0.1) is 0 Å². The largest absolute Gasteiger partial charge is 0.467 e. The van der Waals surface area contributed by atoms with Crippen LogP contribution in [0, 0.1) is 0 Å². The van der Waals surface area contributed by atoms with Gasteiger partial charge in [-0.2, -0.15) is 0 Å². The fraction of sp³-hybridized carbons (Fsp3) is 0.158. The Morgan fingerprint density at radius 2 is 1.93 bits per heavy atom. The summed E-state index contributed by atoms with van der Waals surface area (Å²) in [5.41, 5.74) is 0.923. The van der Waals surface area contributed by atoms with Gasteiger partial charge in [-0.3, -0.25) is 9.69 Å². The molecule has 1 amide bonds. The summed E-state index contributed by atoms with van der Waals surface area (Å²) in [6.07, 6.45) is 2.64. The first-order chi connectivity index (χ1) is 13.5. The molecule has 1 aromatic carbocycles. The minimum atomic E-state index is -0.627. The molecule has 3 rings (SSSR count). The number of aliphatic imine (C=N–C) groups is 1. The van der Waals surface area contributed by atoms with E-state index in [-0.39, 0.29) is 17.4 Å². The first kappa shape index (κ1) is 19.4. The van der Waals surface area contributed by atoms with E-state index in [0.29, 0.717) is 22.2 Å². The molecule has 144 valence electrons. The number of amidine groups is 1. The van der Waals surface area contributed by atoms with Crippen LogP contribution >= 0.6 is 11.8 Å². The van der Waals surface area contributed by atoms with Crippen molar-refractivity contribution in [2.75, 3.05) is 14.2 Å². The first-order valence-electron chi connectivity index (χ1n) is 8.10. The molecule has 0 bridgehead atoms. The van der Waals surface area contributed by atoms with Gasteiger partial charge < -0.3 is 13.9 Å². The standard InChI is InChI=1S/C19H16N2O6S/c1-25-16(22)10-15-17(23)21(11-14-4-3-9-27-14)19(28-15)20-13-7-5-12(6-8-13)18(24)26-2/h3-10H,11H2,1-2H3/b15-10+,20-19?. The van der Waals surface area contributed by atoms with Gasteiger partial charge in [0.1, 0.15) is 5.76 Å². The lowest BCUT2D eigenvalue weighted by Gasteiger charge is -2.13. The molecule has 0 spiro atoms. The van der Waals surface area contributed by atoms with Crippen LogP contribution in [0.15, 0.2) is 63.1 Å². The van der Waals surface area contributed by atoms with Crippen molar-refractivity contribution in [3.8, 4) is 0 Å². The van der Waals surface area contributed by atoms with Crippen LogP contribution in [0.5, 0.6) is 0 Å². The Morgan fingerprint density at radius 3 is 2.54 bits per heavy atom. The Hall–Kier alpha value is -3.33. The van der Waals surface area contributed by atoms with Crippen LogP contribution in [-0.2, 0) is 25.6 Å². The SMILES string of the molecule is COC(=O)/C=C1/SC(=Nc2ccc(C(=O)OC)cc2)N(Cc2ccco2)C1=O. The van der Waals surface area contributed by atoms with E-state index in [4.69, 9.17) is 4.42 Å². The van der Waals surface area contributed by atoms with Crippen LogP contribution < -0.4 is 0 Å². The topological polar surface area (TPSA) is 98.4 Å². The van der Waals surface area contributed by atoms with E-state index in [1.807, 2.05) is 0 Å². The van der Waals surface area contributed by atoms with E-state index in [1.54, 1.807) is 36.4 Å². The molecule has 1 saturated heterocycles. The van der Waals surface area contributed by atoms with Crippen molar-refractivity contribution < 1.29 is 28.3 Å². The van der Waals surface area contributed by atoms with Crippen molar-refractivity contribution in [2.24, 2.45) is 4.99 Å².